The van der Waals surface area contributed by atoms with Crippen molar-refractivity contribution in [1.82, 2.24) is 15.1 Å². The number of carbonyl (C=O) groups is 2. The van der Waals surface area contributed by atoms with Crippen LogP contribution in [0.3, 0.4) is 0 Å². The number of hydrogen-bond acceptors (Lipinski definition) is 3. The molecule has 0 saturated carbocycles. The Morgan fingerprint density at radius 3 is 2.52 bits per heavy atom. The predicted molar refractivity (Wildman–Crippen MR) is 105 cm³/mol. The van der Waals surface area contributed by atoms with Crippen molar-refractivity contribution < 1.29 is 18.4 Å². The Morgan fingerprint density at radius 2 is 1.83 bits per heavy atom. The molecule has 0 spiro atoms. The minimum atomic E-state index is -0.953. The molecule has 2 aromatic carbocycles. The van der Waals surface area contributed by atoms with Gasteiger partial charge in [0.05, 0.1) is 22.6 Å². The van der Waals surface area contributed by atoms with Crippen molar-refractivity contribution >= 4 is 17.5 Å². The van der Waals surface area contributed by atoms with Gasteiger partial charge in [0.15, 0.2) is 0 Å². The maximum absolute atomic E-state index is 13.6. The Bertz CT molecular complexity index is 1060. The first-order valence-corrected chi connectivity index (χ1v) is 9.01. The number of amides is 2. The Balaban J connectivity index is 1.60. The molecule has 0 atom stereocenters. The highest BCUT2D eigenvalue weighted by Gasteiger charge is 2.14. The van der Waals surface area contributed by atoms with Crippen LogP contribution in [0.1, 0.15) is 28.2 Å². The Kier molecular flexibility index (Phi) is 6.01. The van der Waals surface area contributed by atoms with E-state index in [1.54, 1.807) is 16.8 Å². The standard InChI is InChI=1S/C21H20F2N4O2/c1-13-11-14(2)27(26-13)19-6-4-3-5-18(19)25-20(28)9-10-24-21(29)16-8-7-15(22)12-17(16)23/h3-8,11-12H,9-10H2,1-2H3,(H,24,29)(H,25,28). The SMILES string of the molecule is Cc1cc(C)n(-c2ccccc2NC(=O)CCNC(=O)c2ccc(F)cc2F)n1. The average molecular weight is 398 g/mol. The number of nitrogens with one attached hydrogen (secondary N) is 2. The average Bonchev–Trinajstić information content (AvgIpc) is 3.00. The van der Waals surface area contributed by atoms with E-state index in [1.807, 2.05) is 32.0 Å². The third kappa shape index (κ3) is 4.84. The van der Waals surface area contributed by atoms with Crippen LogP contribution >= 0.6 is 0 Å². The first-order chi connectivity index (χ1) is 13.8. The molecule has 1 heterocycles. The van der Waals surface area contributed by atoms with Gasteiger partial charge in [-0.05, 0) is 44.2 Å². The van der Waals surface area contributed by atoms with Crippen molar-refractivity contribution in [2.45, 2.75) is 20.3 Å². The molecule has 0 aliphatic carbocycles. The molecule has 0 radical (unpaired) electrons. The van der Waals surface area contributed by atoms with Crippen LogP contribution < -0.4 is 10.6 Å². The molecule has 2 N–H and O–H groups in total. The van der Waals surface area contributed by atoms with Crippen LogP contribution in [0, 0.1) is 25.5 Å². The highest BCUT2D eigenvalue weighted by Crippen LogP contribution is 2.21. The zero-order valence-corrected chi connectivity index (χ0v) is 16.0. The number of benzene rings is 2. The van der Waals surface area contributed by atoms with E-state index in [-0.39, 0.29) is 24.4 Å². The summed E-state index contributed by atoms with van der Waals surface area (Å²) in [6.45, 7) is 3.81. The normalized spacial score (nSPS) is 10.6. The molecular formula is C21H20F2N4O2. The second-order valence-corrected chi connectivity index (χ2v) is 6.53. The minimum Gasteiger partial charge on any atom is -0.351 e. The maximum atomic E-state index is 13.6. The van der Waals surface area contributed by atoms with Crippen molar-refractivity contribution in [2.24, 2.45) is 0 Å². The van der Waals surface area contributed by atoms with Gasteiger partial charge in [0.1, 0.15) is 11.6 Å². The molecule has 8 heteroatoms. The molecule has 150 valence electrons. The van der Waals surface area contributed by atoms with Crippen molar-refractivity contribution in [3.05, 3.63) is 77.1 Å². The van der Waals surface area contributed by atoms with Gasteiger partial charge in [-0.15, -0.1) is 0 Å². The smallest absolute Gasteiger partial charge is 0.254 e. The van der Waals surface area contributed by atoms with E-state index in [4.69, 9.17) is 0 Å². The highest BCUT2D eigenvalue weighted by atomic mass is 19.1. The fraction of sp³-hybridized carbons (Fsp3) is 0.190. The number of aryl methyl sites for hydroxylation is 2. The van der Waals surface area contributed by atoms with E-state index in [1.165, 1.54) is 0 Å². The lowest BCUT2D eigenvalue weighted by atomic mass is 10.2. The van der Waals surface area contributed by atoms with E-state index in [0.29, 0.717) is 11.8 Å². The van der Waals surface area contributed by atoms with Crippen LogP contribution in [0.5, 0.6) is 0 Å². The highest BCUT2D eigenvalue weighted by molar-refractivity contribution is 5.96. The van der Waals surface area contributed by atoms with Gasteiger partial charge in [-0.2, -0.15) is 5.10 Å². The Labute approximate surface area is 166 Å². The predicted octanol–water partition coefficient (Wildman–Crippen LogP) is 3.53. The molecule has 0 aliphatic heterocycles. The van der Waals surface area contributed by atoms with Gasteiger partial charge in [0.25, 0.3) is 5.91 Å². The fourth-order valence-electron chi connectivity index (χ4n) is 2.91. The first-order valence-electron chi connectivity index (χ1n) is 9.01. The monoisotopic (exact) mass is 398 g/mol. The summed E-state index contributed by atoms with van der Waals surface area (Å²) in [7, 11) is 0. The summed E-state index contributed by atoms with van der Waals surface area (Å²) in [6.07, 6.45) is -0.0139. The third-order valence-corrected chi connectivity index (χ3v) is 4.23. The first kappa shape index (κ1) is 20.2. The third-order valence-electron chi connectivity index (χ3n) is 4.23. The van der Waals surface area contributed by atoms with Gasteiger partial charge in [-0.25, -0.2) is 13.5 Å². The zero-order chi connectivity index (χ0) is 21.0. The summed E-state index contributed by atoms with van der Waals surface area (Å²) in [4.78, 5) is 24.3. The summed E-state index contributed by atoms with van der Waals surface area (Å²) in [5.74, 6) is -2.75. The second kappa shape index (κ2) is 8.64. The van der Waals surface area contributed by atoms with Crippen LogP contribution in [0.4, 0.5) is 14.5 Å². The number of nitrogens with zero attached hydrogens (tertiary/aromatic N) is 2. The number of hydrogen-bond donors (Lipinski definition) is 2. The molecule has 0 saturated heterocycles. The molecule has 3 aromatic rings. The molecule has 2 amide bonds. The molecule has 3 rings (SSSR count). The number of carbonyl (C=O) groups excluding carboxylic acids is 2. The topological polar surface area (TPSA) is 76.0 Å². The maximum Gasteiger partial charge on any atom is 0.254 e. The molecule has 0 fully saturated rings. The summed E-state index contributed by atoms with van der Waals surface area (Å²) in [5, 5.41) is 9.69. The van der Waals surface area contributed by atoms with E-state index in [0.717, 1.165) is 29.2 Å². The number of aromatic nitrogens is 2. The fourth-order valence-corrected chi connectivity index (χ4v) is 2.91. The van der Waals surface area contributed by atoms with Crippen LogP contribution in [0.2, 0.25) is 0 Å². The lowest BCUT2D eigenvalue weighted by Gasteiger charge is -2.12. The molecular weight excluding hydrogens is 378 g/mol. The van der Waals surface area contributed by atoms with E-state index in [9.17, 15) is 18.4 Å². The molecule has 0 unspecified atom stereocenters. The van der Waals surface area contributed by atoms with Crippen LogP contribution in [-0.4, -0.2) is 28.1 Å². The molecule has 1 aromatic heterocycles. The second-order valence-electron chi connectivity index (χ2n) is 6.53. The van der Waals surface area contributed by atoms with Crippen molar-refractivity contribution in [1.29, 1.82) is 0 Å². The lowest BCUT2D eigenvalue weighted by Crippen LogP contribution is -2.28. The Morgan fingerprint density at radius 1 is 1.07 bits per heavy atom. The molecule has 6 nitrogen and oxygen atoms in total. The number of halogens is 2. The summed E-state index contributed by atoms with van der Waals surface area (Å²) in [6, 6.07) is 11.9. The van der Waals surface area contributed by atoms with Crippen LogP contribution in [-0.2, 0) is 4.79 Å². The zero-order valence-electron chi connectivity index (χ0n) is 16.0. The minimum absolute atomic E-state index is 0.00353. The van der Waals surface area contributed by atoms with Crippen molar-refractivity contribution in [2.75, 3.05) is 11.9 Å². The number of para-hydroxylation sites is 2. The van der Waals surface area contributed by atoms with Gasteiger partial charge in [0, 0.05) is 24.7 Å². The largest absolute Gasteiger partial charge is 0.351 e. The molecule has 29 heavy (non-hydrogen) atoms. The van der Waals surface area contributed by atoms with Crippen LogP contribution in [0.15, 0.2) is 48.5 Å². The van der Waals surface area contributed by atoms with Crippen LogP contribution in [0.25, 0.3) is 5.69 Å². The summed E-state index contributed by atoms with van der Waals surface area (Å²) < 4.78 is 28.3. The van der Waals surface area contributed by atoms with E-state index >= 15 is 0 Å². The quantitative estimate of drug-likeness (QED) is 0.667. The van der Waals surface area contributed by atoms with Gasteiger partial charge in [0.2, 0.25) is 5.91 Å². The van der Waals surface area contributed by atoms with Gasteiger partial charge in [-0.3, -0.25) is 9.59 Å². The number of rotatable bonds is 6. The van der Waals surface area contributed by atoms with Gasteiger partial charge < -0.3 is 10.6 Å². The van der Waals surface area contributed by atoms with Gasteiger partial charge in [-0.1, -0.05) is 12.1 Å². The van der Waals surface area contributed by atoms with Crippen molar-refractivity contribution in [3.8, 4) is 5.69 Å². The Hall–Kier alpha value is -3.55. The summed E-state index contributed by atoms with van der Waals surface area (Å²) in [5.41, 5.74) is 2.82. The summed E-state index contributed by atoms with van der Waals surface area (Å²) >= 11 is 0. The van der Waals surface area contributed by atoms with Crippen molar-refractivity contribution in [3.63, 3.8) is 0 Å². The lowest BCUT2D eigenvalue weighted by molar-refractivity contribution is -0.116. The number of anilines is 1. The molecule has 0 bridgehead atoms. The molecule has 0 aliphatic rings. The van der Waals surface area contributed by atoms with E-state index < -0.39 is 17.5 Å². The van der Waals surface area contributed by atoms with E-state index in [2.05, 4.69) is 15.7 Å². The van der Waals surface area contributed by atoms with Gasteiger partial charge >= 0.3 is 0 Å².